The second-order valence-electron chi connectivity index (χ2n) is 12.1. The van der Waals surface area contributed by atoms with Crippen LogP contribution >= 0.6 is 46.4 Å². The predicted molar refractivity (Wildman–Crippen MR) is 221 cm³/mol. The van der Waals surface area contributed by atoms with Crippen molar-refractivity contribution in [3.05, 3.63) is 159 Å². The molecule has 358 valence electrons. The average Bonchev–Trinajstić information content (AvgIpc) is 4.08. The molecule has 0 aliphatic heterocycles. The van der Waals surface area contributed by atoms with Crippen molar-refractivity contribution in [3.63, 3.8) is 0 Å². The van der Waals surface area contributed by atoms with Crippen LogP contribution in [-0.2, 0) is 40.7 Å². The van der Waals surface area contributed by atoms with Gasteiger partial charge in [-0.25, -0.2) is 37.2 Å². The molecular weight excluding hydrogens is 1130 g/mol. The van der Waals surface area contributed by atoms with Gasteiger partial charge in [0.15, 0.2) is 25.9 Å². The van der Waals surface area contributed by atoms with Gasteiger partial charge < -0.3 is 32.5 Å². The molecule has 34 heteroatoms. The van der Waals surface area contributed by atoms with Crippen LogP contribution in [0.2, 0.25) is 20.1 Å². The van der Waals surface area contributed by atoms with Crippen LogP contribution in [0.1, 0.15) is 5.56 Å². The van der Waals surface area contributed by atoms with E-state index in [0.29, 0.717) is 36.4 Å². The molecule has 0 aliphatic carbocycles. The number of nitriles is 1. The maximum absolute atomic E-state index is 10.9. The van der Waals surface area contributed by atoms with E-state index >= 15 is 0 Å². The SMILES string of the molecule is Clc1cnn([B-](n2cc(Cl)cn2)(n2cc(Cl)cn2)n2cc(Cl)cn2)c1.N#Cc1ccncc1.O=S(=O)([O-])C(F)(F)F.O=S(=O)([O-])C(F)(F)F.O=[N+]([O-])c1cc[c-]c2c1ccc1cccnc12.[Pd]. The second-order valence-corrected chi connectivity index (χ2v) is 16.6. The fraction of sp³-hybridized carbons (Fsp3) is 0.0606. The zero-order valence-corrected chi connectivity index (χ0v) is 38.3. The minimum absolute atomic E-state index is 0. The van der Waals surface area contributed by atoms with Crippen LogP contribution in [-0.4, -0.2) is 97.3 Å². The molecule has 0 N–H and O–H groups in total. The van der Waals surface area contributed by atoms with E-state index in [9.17, 15) is 36.5 Å². The van der Waals surface area contributed by atoms with E-state index < -0.39 is 37.9 Å². The van der Waals surface area contributed by atoms with Gasteiger partial charge in [-0.2, -0.15) is 31.6 Å². The normalized spacial score (nSPS) is 11.5. The standard InChI is InChI=1S/C13H7N2O2.C12H8BCl4N8.C6H4N2.2CHF3O3S.Pd/c16-15(17)12-5-1-4-11-10(12)7-6-9-3-2-8-14-13(9)11;14-9-1-18-22(5-9)13(23-6-10(15)2-19-23,24-7-11(16)3-20-24)25-8-12(17)4-21-25;7-5-6-1-3-8-4-2-6;2*2-1(3,4)8(5,6)7;/h1-3,5-8H;1-8H;1-4H;2*(H,5,6,7);/q2*-1;;;;/p-2. The Bertz CT molecular complexity index is 3030. The van der Waals surface area contributed by atoms with Crippen LogP contribution in [0.15, 0.2) is 117 Å². The summed E-state index contributed by atoms with van der Waals surface area (Å²) in [5.74, 6) is 0. The molecule has 20 nitrogen and oxygen atoms in total. The number of aromatic nitrogens is 10. The van der Waals surface area contributed by atoms with Gasteiger partial charge in [0.05, 0.1) is 56.5 Å². The van der Waals surface area contributed by atoms with Crippen LogP contribution < -0.4 is 0 Å². The minimum Gasteiger partial charge on any atom is -0.741 e. The summed E-state index contributed by atoms with van der Waals surface area (Å²) in [5.41, 5.74) is -9.81. The van der Waals surface area contributed by atoms with E-state index in [2.05, 4.69) is 36.4 Å². The Kier molecular flexibility index (Phi) is 19.0. The van der Waals surface area contributed by atoms with Gasteiger partial charge in [0.2, 0.25) is 0 Å². The molecule has 0 amide bonds. The van der Waals surface area contributed by atoms with Gasteiger partial charge >= 0.3 is 17.7 Å². The van der Waals surface area contributed by atoms with Gasteiger partial charge in [-0.1, -0.05) is 70.7 Å². The molecule has 8 aromatic rings. The van der Waals surface area contributed by atoms with Crippen molar-refractivity contribution in [2.24, 2.45) is 0 Å². The van der Waals surface area contributed by atoms with Crippen molar-refractivity contribution in [2.75, 3.05) is 0 Å². The molecular formula is C33H19BCl4F6N12O8PdS2-4. The Morgan fingerprint density at radius 3 is 1.40 bits per heavy atom. The van der Waals surface area contributed by atoms with E-state index in [1.165, 1.54) is 30.9 Å². The number of non-ortho nitro benzene ring substituents is 1. The summed E-state index contributed by atoms with van der Waals surface area (Å²) in [7, 11) is -12.2. The van der Waals surface area contributed by atoms with E-state index in [0.717, 1.165) is 10.9 Å². The van der Waals surface area contributed by atoms with Crippen LogP contribution in [0.5, 0.6) is 0 Å². The first-order chi connectivity index (χ1) is 30.7. The second kappa shape index (κ2) is 22.8. The molecule has 67 heavy (non-hydrogen) atoms. The molecule has 0 bridgehead atoms. The van der Waals surface area contributed by atoms with Crippen molar-refractivity contribution < 1.29 is 77.6 Å². The molecule has 8 rings (SSSR count). The number of hydrogen-bond acceptors (Lipinski definition) is 15. The van der Waals surface area contributed by atoms with Crippen LogP contribution in [0.3, 0.4) is 0 Å². The summed E-state index contributed by atoms with van der Waals surface area (Å²) in [4.78, 5) is 18.5. The van der Waals surface area contributed by atoms with Crippen LogP contribution in [0.4, 0.5) is 32.0 Å². The molecule has 0 aliphatic rings. The van der Waals surface area contributed by atoms with Crippen molar-refractivity contribution in [1.29, 1.82) is 5.26 Å². The van der Waals surface area contributed by atoms with Gasteiger partial charge in [-0.15, -0.1) is 17.5 Å². The van der Waals surface area contributed by atoms with Crippen LogP contribution in [0.25, 0.3) is 21.7 Å². The number of hydrogen-bond donors (Lipinski definition) is 0. The van der Waals surface area contributed by atoms with Gasteiger partial charge in [-0.05, 0) is 34.5 Å². The number of halogens is 10. The predicted octanol–water partition coefficient (Wildman–Crippen LogP) is 7.16. The first-order valence-corrected chi connectivity index (χ1v) is 21.2. The molecule has 0 saturated carbocycles. The fourth-order valence-corrected chi connectivity index (χ4v) is 5.70. The third-order valence-electron chi connectivity index (χ3n) is 7.79. The number of nitro groups is 1. The first-order valence-electron chi connectivity index (χ1n) is 16.8. The zero-order chi connectivity index (χ0) is 49.3. The van der Waals surface area contributed by atoms with Gasteiger partial charge in [0.1, 0.15) is 0 Å². The Balaban J connectivity index is 0.000000245. The molecule has 6 aromatic heterocycles. The zero-order valence-electron chi connectivity index (χ0n) is 32.1. The molecule has 6 heterocycles. The topological polar surface area (TPSA) is 278 Å². The quantitative estimate of drug-likeness (QED) is 0.0241. The van der Waals surface area contributed by atoms with E-state index in [-0.39, 0.29) is 31.0 Å². The summed E-state index contributed by atoms with van der Waals surface area (Å²) in [6, 6.07) is 18.7. The Labute approximate surface area is 405 Å². The Morgan fingerprint density at radius 1 is 0.687 bits per heavy atom. The smallest absolute Gasteiger partial charge is 0.485 e. The summed E-state index contributed by atoms with van der Waals surface area (Å²) in [6.45, 7) is -2.25. The van der Waals surface area contributed by atoms with Crippen molar-refractivity contribution in [1.82, 2.24) is 48.7 Å². The average molecular weight is 1150 g/mol. The molecule has 0 fully saturated rings. The Hall–Kier alpha value is -5.72. The van der Waals surface area contributed by atoms with Gasteiger partial charge in [-0.3, -0.25) is 15.1 Å². The van der Waals surface area contributed by atoms with Crippen LogP contribution in [0, 0.1) is 27.5 Å². The molecule has 2 aromatic carbocycles. The van der Waals surface area contributed by atoms with Crippen molar-refractivity contribution in [2.45, 2.75) is 11.0 Å². The largest absolute Gasteiger partial charge is 0.741 e. The first kappa shape index (κ1) is 55.6. The van der Waals surface area contributed by atoms with Crippen molar-refractivity contribution >= 4 is 101 Å². The molecule has 0 saturated heterocycles. The number of nitrogens with zero attached hydrogens (tertiary/aromatic N) is 12. The number of pyridine rings is 2. The molecule has 0 unspecified atom stereocenters. The van der Waals surface area contributed by atoms with Gasteiger partial charge in [0, 0.05) is 68.7 Å². The van der Waals surface area contributed by atoms with Crippen molar-refractivity contribution in [3.8, 4) is 6.07 Å². The molecule has 0 atom stereocenters. The summed E-state index contributed by atoms with van der Waals surface area (Å²) < 4.78 is 124. The number of alkyl halides is 6. The summed E-state index contributed by atoms with van der Waals surface area (Å²) >= 11 is 24.4. The fourth-order valence-electron chi connectivity index (χ4n) is 5.13. The summed E-state index contributed by atoms with van der Waals surface area (Å²) in [5, 5.41) is 40.5. The van der Waals surface area contributed by atoms with Gasteiger partial charge in [0.25, 0.3) is 0 Å². The third-order valence-corrected chi connectivity index (χ3v) is 9.71. The van der Waals surface area contributed by atoms with E-state index in [4.69, 9.17) is 77.6 Å². The minimum atomic E-state index is -6.09. The molecule has 0 spiro atoms. The Morgan fingerprint density at radius 2 is 1.09 bits per heavy atom. The number of benzene rings is 2. The number of nitro benzene ring substituents is 1. The van der Waals surface area contributed by atoms with E-state index in [1.807, 2.05) is 24.3 Å². The third kappa shape index (κ3) is 14.2. The maximum Gasteiger partial charge on any atom is 0.485 e. The summed E-state index contributed by atoms with van der Waals surface area (Å²) in [6.07, 6.45) is 17.4. The molecule has 0 radical (unpaired) electrons. The van der Waals surface area contributed by atoms with E-state index in [1.54, 1.807) is 86.0 Å². The number of rotatable bonds is 5. The maximum atomic E-state index is 10.9. The monoisotopic (exact) mass is 1150 g/mol. The number of fused-ring (bicyclic) bond motifs is 3.